The molecule has 1 spiro atoms. The van der Waals surface area contributed by atoms with Crippen LogP contribution in [0.1, 0.15) is 63.4 Å². The summed E-state index contributed by atoms with van der Waals surface area (Å²) in [6, 6.07) is 6.74. The Bertz CT molecular complexity index is 1380. The van der Waals surface area contributed by atoms with E-state index in [-0.39, 0.29) is 37.3 Å². The van der Waals surface area contributed by atoms with E-state index in [4.69, 9.17) is 4.74 Å². The van der Waals surface area contributed by atoms with E-state index >= 15 is 0 Å². The van der Waals surface area contributed by atoms with Crippen LogP contribution in [0.4, 0.5) is 0 Å². The summed E-state index contributed by atoms with van der Waals surface area (Å²) in [5.74, 6) is -0.145. The molecule has 11 nitrogen and oxygen atoms in total. The molecule has 220 valence electrons. The number of carbonyl (C=O) groups is 3. The second-order valence-corrected chi connectivity index (χ2v) is 14.4. The van der Waals surface area contributed by atoms with Gasteiger partial charge in [-0.1, -0.05) is 43.9 Å². The normalized spacial score (nSPS) is 27.2. The lowest BCUT2D eigenvalue weighted by Gasteiger charge is -2.34. The summed E-state index contributed by atoms with van der Waals surface area (Å²) >= 11 is 0. The first-order valence-corrected chi connectivity index (χ1v) is 16.2. The number of hydrogen-bond donors (Lipinski definition) is 2. The number of amides is 3. The molecule has 1 saturated heterocycles. The van der Waals surface area contributed by atoms with Crippen molar-refractivity contribution >= 4 is 27.7 Å². The molecule has 3 aliphatic carbocycles. The molecule has 2 heterocycles. The van der Waals surface area contributed by atoms with Gasteiger partial charge in [-0.05, 0) is 43.6 Å². The van der Waals surface area contributed by atoms with Crippen LogP contribution in [0.2, 0.25) is 0 Å². The molecule has 2 aliphatic heterocycles. The molecule has 0 radical (unpaired) electrons. The summed E-state index contributed by atoms with van der Waals surface area (Å²) in [6.45, 7) is 0.163. The number of sulfonamides is 1. The third-order valence-electron chi connectivity index (χ3n) is 9.08. The number of nitriles is 1. The molecule has 3 amide bonds. The largest absolute Gasteiger partial charge is 0.475 e. The Morgan fingerprint density at radius 2 is 1.85 bits per heavy atom. The van der Waals surface area contributed by atoms with Crippen molar-refractivity contribution in [2.45, 2.75) is 93.3 Å². The van der Waals surface area contributed by atoms with Gasteiger partial charge >= 0.3 is 0 Å². The topological polar surface area (TPSA) is 149 Å². The molecule has 4 atom stereocenters. The standard InChI is InChI=1S/C29H37N5O6S/c1-33(26(35)23(12-18-6-7-18)32-41(38,39)22-10-11-22)24(13-19-8-9-19)27(36)34-17-29(14-21(34)15-30)28(37)31-16-20-4-2-3-5-25(20)40-29/h2-5,18-19,21-24,32H,6-14,16-17H2,1H3,(H,31,37)/t21-,23-,24-,29+/m0/s1. The van der Waals surface area contributed by atoms with E-state index in [0.717, 1.165) is 31.2 Å². The third kappa shape index (κ3) is 5.79. The highest BCUT2D eigenvalue weighted by molar-refractivity contribution is 7.90. The van der Waals surface area contributed by atoms with Gasteiger partial charge in [0.25, 0.3) is 5.91 Å². The van der Waals surface area contributed by atoms with Crippen molar-refractivity contribution in [2.24, 2.45) is 11.8 Å². The van der Waals surface area contributed by atoms with Crippen LogP contribution in [-0.2, 0) is 31.0 Å². The third-order valence-corrected chi connectivity index (χ3v) is 11.0. The fourth-order valence-corrected chi connectivity index (χ4v) is 7.59. The number of likely N-dealkylation sites (N-methyl/N-ethyl adjacent to an activating group) is 1. The van der Waals surface area contributed by atoms with Gasteiger partial charge < -0.3 is 19.9 Å². The van der Waals surface area contributed by atoms with Crippen LogP contribution >= 0.6 is 0 Å². The van der Waals surface area contributed by atoms with Crippen LogP contribution in [0, 0.1) is 23.2 Å². The van der Waals surface area contributed by atoms with Crippen LogP contribution in [0.5, 0.6) is 5.75 Å². The number of carbonyl (C=O) groups excluding carboxylic acids is 3. The lowest BCUT2D eigenvalue weighted by atomic mass is 9.99. The predicted octanol–water partition coefficient (Wildman–Crippen LogP) is 1.44. The highest BCUT2D eigenvalue weighted by Crippen LogP contribution is 2.40. The van der Waals surface area contributed by atoms with Crippen LogP contribution in [0.25, 0.3) is 0 Å². The van der Waals surface area contributed by atoms with Gasteiger partial charge in [0.1, 0.15) is 23.9 Å². The van der Waals surface area contributed by atoms with Gasteiger partial charge in [0.2, 0.25) is 27.4 Å². The molecule has 5 aliphatic rings. The summed E-state index contributed by atoms with van der Waals surface area (Å²) < 4.78 is 34.5. The highest BCUT2D eigenvalue weighted by atomic mass is 32.2. The first-order valence-electron chi connectivity index (χ1n) is 14.6. The van der Waals surface area contributed by atoms with E-state index in [1.54, 1.807) is 13.1 Å². The lowest BCUT2D eigenvalue weighted by molar-refractivity contribution is -0.147. The zero-order valence-electron chi connectivity index (χ0n) is 23.3. The summed E-state index contributed by atoms with van der Waals surface area (Å²) in [5, 5.41) is 12.5. The molecule has 1 aromatic carbocycles. The zero-order chi connectivity index (χ0) is 28.9. The zero-order valence-corrected chi connectivity index (χ0v) is 24.1. The number of nitrogens with zero attached hydrogens (tertiary/aromatic N) is 3. The number of rotatable bonds is 10. The van der Waals surface area contributed by atoms with Gasteiger partial charge in [-0.25, -0.2) is 13.1 Å². The second-order valence-electron chi connectivity index (χ2n) is 12.4. The number of para-hydroxylation sites is 1. The van der Waals surface area contributed by atoms with Crippen molar-refractivity contribution < 1.29 is 27.5 Å². The fraction of sp³-hybridized carbons (Fsp3) is 0.655. The Labute approximate surface area is 240 Å². The van der Waals surface area contributed by atoms with E-state index in [2.05, 4.69) is 16.1 Å². The minimum atomic E-state index is -3.62. The van der Waals surface area contributed by atoms with Crippen molar-refractivity contribution in [3.05, 3.63) is 29.8 Å². The van der Waals surface area contributed by atoms with Crippen molar-refractivity contribution in [1.29, 1.82) is 5.26 Å². The van der Waals surface area contributed by atoms with Crippen LogP contribution in [0.15, 0.2) is 24.3 Å². The van der Waals surface area contributed by atoms with E-state index in [1.165, 1.54) is 9.80 Å². The van der Waals surface area contributed by atoms with Crippen molar-refractivity contribution in [3.63, 3.8) is 0 Å². The molecular weight excluding hydrogens is 546 g/mol. The lowest BCUT2D eigenvalue weighted by Crippen LogP contribution is -2.57. The van der Waals surface area contributed by atoms with Gasteiger partial charge in [0, 0.05) is 25.6 Å². The first-order chi connectivity index (χ1) is 19.6. The second kappa shape index (κ2) is 10.6. The molecular formula is C29H37N5O6S. The van der Waals surface area contributed by atoms with Crippen molar-refractivity contribution in [2.75, 3.05) is 13.6 Å². The van der Waals surface area contributed by atoms with Crippen LogP contribution in [0.3, 0.4) is 0 Å². The Hall–Kier alpha value is -3.17. The molecule has 6 rings (SSSR count). The molecule has 4 fully saturated rings. The minimum Gasteiger partial charge on any atom is -0.475 e. The number of fused-ring (bicyclic) bond motifs is 1. The average molecular weight is 584 g/mol. The van der Waals surface area contributed by atoms with Crippen LogP contribution in [-0.4, -0.2) is 78.5 Å². The minimum absolute atomic E-state index is 0.00864. The SMILES string of the molecule is CN(C(=O)[C@H](CC1CC1)NS(=O)(=O)C1CC1)[C@@H](CC1CC1)C(=O)N1C[C@@]2(C[C@H]1C#N)Oc1ccccc1CNC2=O. The highest BCUT2D eigenvalue weighted by Gasteiger charge is 2.56. The summed E-state index contributed by atoms with van der Waals surface area (Å²) in [6.07, 6.45) is 5.80. The fourth-order valence-electron chi connectivity index (χ4n) is 6.04. The van der Waals surface area contributed by atoms with Gasteiger partial charge in [-0.15, -0.1) is 0 Å². The number of hydrogen-bond acceptors (Lipinski definition) is 7. The molecule has 0 unspecified atom stereocenters. The Kier molecular flexibility index (Phi) is 7.22. The van der Waals surface area contributed by atoms with Crippen molar-refractivity contribution in [1.82, 2.24) is 19.8 Å². The van der Waals surface area contributed by atoms with E-state index in [0.29, 0.717) is 31.4 Å². The van der Waals surface area contributed by atoms with Crippen LogP contribution < -0.4 is 14.8 Å². The van der Waals surface area contributed by atoms with E-state index < -0.39 is 50.8 Å². The molecule has 0 aromatic heterocycles. The maximum Gasteiger partial charge on any atom is 0.266 e. The van der Waals surface area contributed by atoms with Gasteiger partial charge in [0.05, 0.1) is 17.9 Å². The van der Waals surface area contributed by atoms with Gasteiger partial charge in [-0.2, -0.15) is 5.26 Å². The maximum atomic E-state index is 14.2. The average Bonchev–Trinajstić information content (AvgIpc) is 3.79. The Balaban J connectivity index is 1.24. The molecule has 1 aromatic rings. The molecule has 12 heteroatoms. The molecule has 2 N–H and O–H groups in total. The number of likely N-dealkylation sites (tertiary alicyclic amines) is 1. The summed E-state index contributed by atoms with van der Waals surface area (Å²) in [5.41, 5.74) is -0.618. The smallest absolute Gasteiger partial charge is 0.266 e. The van der Waals surface area contributed by atoms with Crippen molar-refractivity contribution in [3.8, 4) is 11.8 Å². The number of nitrogens with one attached hydrogen (secondary N) is 2. The maximum absolute atomic E-state index is 14.2. The number of benzene rings is 1. The molecule has 3 saturated carbocycles. The van der Waals surface area contributed by atoms with Gasteiger partial charge in [-0.3, -0.25) is 14.4 Å². The number of ether oxygens (including phenoxy) is 1. The van der Waals surface area contributed by atoms with E-state index in [9.17, 15) is 28.1 Å². The Morgan fingerprint density at radius 1 is 1.17 bits per heavy atom. The Morgan fingerprint density at radius 3 is 2.51 bits per heavy atom. The monoisotopic (exact) mass is 583 g/mol. The van der Waals surface area contributed by atoms with E-state index in [1.807, 2.05) is 18.2 Å². The molecule has 0 bridgehead atoms. The quantitative estimate of drug-likeness (QED) is 0.423. The summed E-state index contributed by atoms with van der Waals surface area (Å²) in [7, 11) is -2.06. The summed E-state index contributed by atoms with van der Waals surface area (Å²) in [4.78, 5) is 44.1. The first kappa shape index (κ1) is 28.0. The van der Waals surface area contributed by atoms with Gasteiger partial charge in [0.15, 0.2) is 0 Å². The molecule has 41 heavy (non-hydrogen) atoms. The predicted molar refractivity (Wildman–Crippen MR) is 147 cm³/mol.